The van der Waals surface area contributed by atoms with Crippen molar-refractivity contribution in [2.75, 3.05) is 0 Å². The second kappa shape index (κ2) is 7.88. The van der Waals surface area contributed by atoms with E-state index in [0.29, 0.717) is 11.6 Å². The first-order valence-electron chi connectivity index (χ1n) is 9.42. The van der Waals surface area contributed by atoms with Crippen molar-refractivity contribution in [2.24, 2.45) is 0 Å². The molecule has 160 valence electrons. The highest BCUT2D eigenvalue weighted by atomic mass is 79.9. The number of halogens is 2. The fourth-order valence-electron chi connectivity index (χ4n) is 3.90. The predicted molar refractivity (Wildman–Crippen MR) is 120 cm³/mol. The van der Waals surface area contributed by atoms with E-state index in [1.807, 2.05) is 30.3 Å². The van der Waals surface area contributed by atoms with Crippen LogP contribution in [0.1, 0.15) is 21.9 Å². The van der Waals surface area contributed by atoms with Gasteiger partial charge in [-0.15, -0.1) is 10.2 Å². The van der Waals surface area contributed by atoms with Crippen LogP contribution in [0.25, 0.3) is 33.6 Å². The molecule has 2 aromatic heterocycles. The molecule has 1 aliphatic carbocycles. The summed E-state index contributed by atoms with van der Waals surface area (Å²) in [6, 6.07) is 9.52. The van der Waals surface area contributed by atoms with Crippen molar-refractivity contribution in [3.63, 3.8) is 0 Å². The molecule has 1 aliphatic heterocycles. The average molecular weight is 514 g/mol. The number of hydrogen-bond donors (Lipinski definition) is 2. The zero-order valence-electron chi connectivity index (χ0n) is 16.5. The average Bonchev–Trinajstić information content (AvgIpc) is 3.47. The van der Waals surface area contributed by atoms with Crippen LogP contribution in [0.15, 0.2) is 51.7 Å². The van der Waals surface area contributed by atoms with Crippen LogP contribution in [0, 0.1) is 6.92 Å². The molecule has 9 nitrogen and oxygen atoms in total. The Bertz CT molecular complexity index is 1430. The monoisotopic (exact) mass is 512 g/mol. The summed E-state index contributed by atoms with van der Waals surface area (Å²) < 4.78 is 7.82. The molecular formula is C21H14BrClN6O3. The fourth-order valence-corrected chi connectivity index (χ4v) is 4.97. The van der Waals surface area contributed by atoms with Crippen molar-refractivity contribution >= 4 is 33.5 Å². The molecule has 0 fully saturated rings. The van der Waals surface area contributed by atoms with Gasteiger partial charge >= 0.3 is 5.97 Å². The molecule has 32 heavy (non-hydrogen) atoms. The number of rotatable bonds is 5. The predicted octanol–water partition coefficient (Wildman–Crippen LogP) is 4.90. The standard InChI is InChI=1S/C21H14BrClN6O3/c1-10-24-19(23)18(21(30)31)29(10)8-14-11-6-7-32-9-15(11)17(22)16(14)12-4-2-3-5-13(12)20-25-27-28-26-20/h2-7,9H,8H2,1H3,(H,30,31)(H,25,26,27,28). The summed E-state index contributed by atoms with van der Waals surface area (Å²) in [5.41, 5.74) is 5.05. The molecule has 0 bridgehead atoms. The number of imidazole rings is 1. The molecule has 2 aliphatic rings. The Morgan fingerprint density at radius 2 is 2.00 bits per heavy atom. The molecule has 0 atom stereocenters. The first-order chi connectivity index (χ1) is 15.5. The maximum atomic E-state index is 11.9. The number of aromatic amines is 1. The Morgan fingerprint density at radius 3 is 2.72 bits per heavy atom. The number of carbonyl (C=O) groups is 1. The van der Waals surface area contributed by atoms with Crippen molar-refractivity contribution in [1.29, 1.82) is 0 Å². The van der Waals surface area contributed by atoms with Gasteiger partial charge in [0.15, 0.2) is 10.8 Å². The number of nitrogens with zero attached hydrogens (tertiary/aromatic N) is 5. The molecule has 0 radical (unpaired) electrons. The number of carboxylic acid groups (broad SMARTS) is 1. The zero-order chi connectivity index (χ0) is 22.4. The number of fused-ring (bicyclic) bond motifs is 1. The first kappa shape index (κ1) is 20.4. The van der Waals surface area contributed by atoms with E-state index in [9.17, 15) is 9.90 Å². The van der Waals surface area contributed by atoms with Gasteiger partial charge in [-0.1, -0.05) is 35.9 Å². The Hall–Kier alpha value is -3.50. The lowest BCUT2D eigenvalue weighted by atomic mass is 9.97. The number of benzene rings is 1. The van der Waals surface area contributed by atoms with Gasteiger partial charge in [0.2, 0.25) is 5.82 Å². The van der Waals surface area contributed by atoms with E-state index in [0.717, 1.165) is 37.9 Å². The molecule has 0 saturated carbocycles. The number of H-pyrrole nitrogens is 1. The van der Waals surface area contributed by atoms with E-state index in [-0.39, 0.29) is 17.4 Å². The minimum atomic E-state index is -1.14. The summed E-state index contributed by atoms with van der Waals surface area (Å²) in [5, 5.41) is 24.1. The van der Waals surface area contributed by atoms with Gasteiger partial charge in [-0.25, -0.2) is 9.78 Å². The summed E-state index contributed by atoms with van der Waals surface area (Å²) >= 11 is 9.85. The van der Waals surface area contributed by atoms with Crippen LogP contribution < -0.4 is 0 Å². The minimum absolute atomic E-state index is 0.0475. The lowest BCUT2D eigenvalue weighted by molar-refractivity contribution is 0.0685. The van der Waals surface area contributed by atoms with Gasteiger partial charge in [-0.2, -0.15) is 5.21 Å². The van der Waals surface area contributed by atoms with Gasteiger partial charge in [-0.3, -0.25) is 0 Å². The maximum absolute atomic E-state index is 11.9. The topological polar surface area (TPSA) is 123 Å². The molecule has 0 unspecified atom stereocenters. The molecule has 0 saturated heterocycles. The number of tetrazole rings is 1. The molecule has 11 heteroatoms. The summed E-state index contributed by atoms with van der Waals surface area (Å²) in [4.78, 5) is 16.0. The van der Waals surface area contributed by atoms with Gasteiger partial charge < -0.3 is 14.1 Å². The molecule has 5 rings (SSSR count). The number of aromatic carboxylic acids is 1. The van der Waals surface area contributed by atoms with Crippen LogP contribution in [-0.4, -0.2) is 41.3 Å². The molecule has 0 spiro atoms. The number of aromatic nitrogens is 6. The highest BCUT2D eigenvalue weighted by Gasteiger charge is 2.28. The first-order valence-corrected chi connectivity index (χ1v) is 10.6. The van der Waals surface area contributed by atoms with E-state index in [2.05, 4.69) is 41.5 Å². The van der Waals surface area contributed by atoms with Crippen LogP contribution in [0.4, 0.5) is 0 Å². The van der Waals surface area contributed by atoms with E-state index >= 15 is 0 Å². The molecular weight excluding hydrogens is 500 g/mol. The third kappa shape index (κ3) is 3.19. The van der Waals surface area contributed by atoms with Crippen molar-refractivity contribution in [3.05, 3.63) is 69.6 Å². The Labute approximate surface area is 194 Å². The molecule has 3 heterocycles. The summed E-state index contributed by atoms with van der Waals surface area (Å²) in [6.45, 7) is 1.95. The van der Waals surface area contributed by atoms with Crippen molar-refractivity contribution in [3.8, 4) is 33.6 Å². The quantitative estimate of drug-likeness (QED) is 0.343. The summed E-state index contributed by atoms with van der Waals surface area (Å²) in [5.74, 6) is -0.202. The molecule has 1 aromatic carbocycles. The molecule has 0 amide bonds. The Balaban J connectivity index is 1.79. The molecule has 2 N–H and O–H groups in total. The van der Waals surface area contributed by atoms with E-state index < -0.39 is 5.97 Å². The van der Waals surface area contributed by atoms with Crippen molar-refractivity contribution in [1.82, 2.24) is 30.2 Å². The number of aryl methyl sites for hydroxylation is 1. The molecule has 3 aromatic rings. The normalized spacial score (nSPS) is 11.3. The van der Waals surface area contributed by atoms with Crippen LogP contribution in [0.2, 0.25) is 5.15 Å². The van der Waals surface area contributed by atoms with Gasteiger partial charge in [0.25, 0.3) is 0 Å². The number of carboxylic acids is 1. The van der Waals surface area contributed by atoms with Gasteiger partial charge in [-0.05, 0) is 50.8 Å². The SMILES string of the molecule is Cc1nc(Cl)c(C(=O)O)n1Cc1c2ccocc-2c(Br)c1-c1ccccc1-c1nn[nH]n1. The number of hydrogen-bond acceptors (Lipinski definition) is 6. The van der Waals surface area contributed by atoms with Crippen LogP contribution in [0.3, 0.4) is 0 Å². The fraction of sp³-hybridized carbons (Fsp3) is 0.0952. The van der Waals surface area contributed by atoms with Gasteiger partial charge in [0.05, 0.1) is 19.1 Å². The van der Waals surface area contributed by atoms with Crippen LogP contribution >= 0.6 is 27.5 Å². The Morgan fingerprint density at radius 1 is 1.22 bits per heavy atom. The number of nitrogens with one attached hydrogen (secondary N) is 1. The van der Waals surface area contributed by atoms with E-state index in [1.54, 1.807) is 24.0 Å². The van der Waals surface area contributed by atoms with Gasteiger partial charge in [0, 0.05) is 21.2 Å². The highest BCUT2D eigenvalue weighted by Crippen LogP contribution is 2.48. The summed E-state index contributed by atoms with van der Waals surface area (Å²) in [7, 11) is 0. The Kier molecular flexibility index (Phi) is 5.03. The van der Waals surface area contributed by atoms with Crippen molar-refractivity contribution in [2.45, 2.75) is 13.5 Å². The second-order valence-electron chi connectivity index (χ2n) is 7.02. The zero-order valence-corrected chi connectivity index (χ0v) is 18.8. The van der Waals surface area contributed by atoms with E-state index in [1.165, 1.54) is 0 Å². The smallest absolute Gasteiger partial charge is 0.355 e. The van der Waals surface area contributed by atoms with E-state index in [4.69, 9.17) is 16.0 Å². The van der Waals surface area contributed by atoms with Crippen LogP contribution in [0.5, 0.6) is 0 Å². The van der Waals surface area contributed by atoms with Gasteiger partial charge in [0.1, 0.15) is 5.82 Å². The lowest BCUT2D eigenvalue weighted by Gasteiger charge is -2.13. The second-order valence-corrected chi connectivity index (χ2v) is 8.17. The summed E-state index contributed by atoms with van der Waals surface area (Å²) in [6.07, 6.45) is 3.23. The third-order valence-corrected chi connectivity index (χ3v) is 6.38. The van der Waals surface area contributed by atoms with Crippen LogP contribution in [-0.2, 0) is 6.54 Å². The maximum Gasteiger partial charge on any atom is 0.355 e. The largest absolute Gasteiger partial charge is 0.476 e. The minimum Gasteiger partial charge on any atom is -0.476 e. The highest BCUT2D eigenvalue weighted by molar-refractivity contribution is 9.10. The lowest BCUT2D eigenvalue weighted by Crippen LogP contribution is -2.12. The van der Waals surface area contributed by atoms with Crippen molar-refractivity contribution < 1.29 is 14.3 Å². The third-order valence-electron chi connectivity index (χ3n) is 5.29.